The molecule has 1 aromatic heterocycles. The average molecular weight is 266 g/mol. The Balaban J connectivity index is 2.92. The first kappa shape index (κ1) is 14.7. The Hall–Kier alpha value is -1.32. The lowest BCUT2D eigenvalue weighted by Crippen LogP contribution is -2.25. The maximum atomic E-state index is 6.13. The van der Waals surface area contributed by atoms with E-state index in [1.807, 2.05) is 24.3 Å². The predicted octanol–water partition coefficient (Wildman–Crippen LogP) is 3.02. The Morgan fingerprint density at radius 1 is 1.33 bits per heavy atom. The lowest BCUT2D eigenvalue weighted by Gasteiger charge is -2.21. The monoisotopic (exact) mass is 265 g/mol. The largest absolute Gasteiger partial charge is 0.349 e. The third kappa shape index (κ3) is 4.17. The standard InChI is InChI=1S/C14H20ClN3/c1-4-9-18(10-5-2)14-8-7-12(15)13(17-14)11-16-6-3/h4-5,7-8,16H,1-2,6,9-11H2,3H3. The molecule has 1 heterocycles. The molecule has 18 heavy (non-hydrogen) atoms. The van der Waals surface area contributed by atoms with Gasteiger partial charge >= 0.3 is 0 Å². The number of pyridine rings is 1. The molecule has 0 saturated heterocycles. The zero-order valence-corrected chi connectivity index (χ0v) is 11.6. The van der Waals surface area contributed by atoms with E-state index in [2.05, 4.69) is 35.3 Å². The van der Waals surface area contributed by atoms with Gasteiger partial charge in [-0.25, -0.2) is 4.98 Å². The molecule has 0 saturated carbocycles. The molecule has 0 atom stereocenters. The Kier molecular flexibility index (Phi) is 6.47. The molecule has 0 aliphatic carbocycles. The first-order valence-electron chi connectivity index (χ1n) is 6.05. The van der Waals surface area contributed by atoms with Crippen molar-refractivity contribution in [3.8, 4) is 0 Å². The van der Waals surface area contributed by atoms with Crippen molar-refractivity contribution < 1.29 is 0 Å². The maximum Gasteiger partial charge on any atom is 0.129 e. The summed E-state index contributed by atoms with van der Waals surface area (Å²) in [6, 6.07) is 3.81. The molecular weight excluding hydrogens is 246 g/mol. The van der Waals surface area contributed by atoms with Crippen LogP contribution in [0, 0.1) is 0 Å². The summed E-state index contributed by atoms with van der Waals surface area (Å²) in [4.78, 5) is 6.67. The van der Waals surface area contributed by atoms with Crippen molar-refractivity contribution in [2.24, 2.45) is 0 Å². The zero-order chi connectivity index (χ0) is 13.4. The SMILES string of the molecule is C=CCN(CC=C)c1ccc(Cl)c(CNCC)n1. The van der Waals surface area contributed by atoms with Gasteiger partial charge in [0.15, 0.2) is 0 Å². The Morgan fingerprint density at radius 3 is 2.56 bits per heavy atom. The van der Waals surface area contributed by atoms with E-state index in [1.165, 1.54) is 0 Å². The number of anilines is 1. The van der Waals surface area contributed by atoms with Crippen LogP contribution in [0.4, 0.5) is 5.82 Å². The Morgan fingerprint density at radius 2 is 2.00 bits per heavy atom. The predicted molar refractivity (Wildman–Crippen MR) is 79.2 cm³/mol. The molecule has 0 unspecified atom stereocenters. The van der Waals surface area contributed by atoms with Crippen LogP contribution in [0.15, 0.2) is 37.4 Å². The normalized spacial score (nSPS) is 10.1. The quantitative estimate of drug-likeness (QED) is 0.733. The van der Waals surface area contributed by atoms with Crippen LogP contribution >= 0.6 is 11.6 Å². The summed E-state index contributed by atoms with van der Waals surface area (Å²) in [6.45, 7) is 12.6. The van der Waals surface area contributed by atoms with E-state index in [1.54, 1.807) is 0 Å². The molecule has 4 heteroatoms. The zero-order valence-electron chi connectivity index (χ0n) is 10.8. The molecule has 98 valence electrons. The Labute approximate surface area is 114 Å². The molecule has 0 amide bonds. The van der Waals surface area contributed by atoms with Gasteiger partial charge in [-0.15, -0.1) is 13.2 Å². The minimum absolute atomic E-state index is 0.680. The number of hydrogen-bond acceptors (Lipinski definition) is 3. The number of rotatable bonds is 8. The first-order chi connectivity index (χ1) is 8.72. The molecular formula is C14H20ClN3. The van der Waals surface area contributed by atoms with E-state index >= 15 is 0 Å². The van der Waals surface area contributed by atoms with Crippen LogP contribution in [-0.2, 0) is 6.54 Å². The smallest absolute Gasteiger partial charge is 0.129 e. The van der Waals surface area contributed by atoms with Crippen molar-refractivity contribution in [1.29, 1.82) is 0 Å². The summed E-state index contributed by atoms with van der Waals surface area (Å²) >= 11 is 6.13. The number of halogens is 1. The van der Waals surface area contributed by atoms with E-state index < -0.39 is 0 Å². The number of nitrogens with zero attached hydrogens (tertiary/aromatic N) is 2. The van der Waals surface area contributed by atoms with Gasteiger partial charge in [0.1, 0.15) is 5.82 Å². The van der Waals surface area contributed by atoms with Crippen LogP contribution in [0.5, 0.6) is 0 Å². The summed E-state index contributed by atoms with van der Waals surface area (Å²) in [5, 5.41) is 3.92. The highest BCUT2D eigenvalue weighted by molar-refractivity contribution is 6.31. The lowest BCUT2D eigenvalue weighted by atomic mass is 10.3. The van der Waals surface area contributed by atoms with Crippen molar-refractivity contribution in [2.45, 2.75) is 13.5 Å². The highest BCUT2D eigenvalue weighted by Gasteiger charge is 2.08. The summed E-state index contributed by atoms with van der Waals surface area (Å²) in [6.07, 6.45) is 3.70. The molecule has 0 fully saturated rings. The third-order valence-electron chi connectivity index (χ3n) is 2.47. The van der Waals surface area contributed by atoms with Crippen molar-refractivity contribution in [3.63, 3.8) is 0 Å². The van der Waals surface area contributed by atoms with Crippen LogP contribution < -0.4 is 10.2 Å². The van der Waals surface area contributed by atoms with Gasteiger partial charge in [0.2, 0.25) is 0 Å². The molecule has 1 aromatic rings. The topological polar surface area (TPSA) is 28.2 Å². The fraction of sp³-hybridized carbons (Fsp3) is 0.357. The molecule has 0 bridgehead atoms. The third-order valence-corrected chi connectivity index (χ3v) is 2.81. The Bertz CT molecular complexity index is 394. The second kappa shape index (κ2) is 7.90. The first-order valence-corrected chi connectivity index (χ1v) is 6.43. The summed E-state index contributed by atoms with van der Waals surface area (Å²) in [5.41, 5.74) is 0.870. The van der Waals surface area contributed by atoms with Gasteiger partial charge in [-0.3, -0.25) is 0 Å². The van der Waals surface area contributed by atoms with Gasteiger partial charge in [0.05, 0.1) is 10.7 Å². The summed E-state index contributed by atoms with van der Waals surface area (Å²) in [7, 11) is 0. The molecule has 0 aliphatic rings. The molecule has 0 spiro atoms. The average Bonchev–Trinajstić information content (AvgIpc) is 2.38. The maximum absolute atomic E-state index is 6.13. The summed E-state index contributed by atoms with van der Waals surface area (Å²) < 4.78 is 0. The van der Waals surface area contributed by atoms with E-state index in [-0.39, 0.29) is 0 Å². The van der Waals surface area contributed by atoms with Gasteiger partial charge in [-0.05, 0) is 18.7 Å². The van der Waals surface area contributed by atoms with Crippen LogP contribution in [0.3, 0.4) is 0 Å². The van der Waals surface area contributed by atoms with Gasteiger partial charge in [0.25, 0.3) is 0 Å². The van der Waals surface area contributed by atoms with Crippen molar-refractivity contribution >= 4 is 17.4 Å². The molecule has 1 N–H and O–H groups in total. The number of nitrogens with one attached hydrogen (secondary N) is 1. The van der Waals surface area contributed by atoms with Crippen molar-refractivity contribution in [3.05, 3.63) is 48.2 Å². The van der Waals surface area contributed by atoms with E-state index in [9.17, 15) is 0 Å². The van der Waals surface area contributed by atoms with E-state index in [0.717, 1.165) is 31.1 Å². The van der Waals surface area contributed by atoms with Crippen LogP contribution in [0.25, 0.3) is 0 Å². The van der Waals surface area contributed by atoms with Gasteiger partial charge in [-0.1, -0.05) is 30.7 Å². The number of aromatic nitrogens is 1. The van der Waals surface area contributed by atoms with E-state index in [4.69, 9.17) is 11.6 Å². The van der Waals surface area contributed by atoms with Crippen molar-refractivity contribution in [1.82, 2.24) is 10.3 Å². The molecule has 0 aromatic carbocycles. The molecule has 1 rings (SSSR count). The van der Waals surface area contributed by atoms with Gasteiger partial charge in [-0.2, -0.15) is 0 Å². The van der Waals surface area contributed by atoms with Crippen molar-refractivity contribution in [2.75, 3.05) is 24.5 Å². The molecule has 0 aliphatic heterocycles. The second-order valence-corrected chi connectivity index (χ2v) is 4.27. The van der Waals surface area contributed by atoms with Crippen LogP contribution in [0.2, 0.25) is 5.02 Å². The van der Waals surface area contributed by atoms with Gasteiger partial charge in [0, 0.05) is 19.6 Å². The molecule has 3 nitrogen and oxygen atoms in total. The van der Waals surface area contributed by atoms with Gasteiger partial charge < -0.3 is 10.2 Å². The fourth-order valence-electron chi connectivity index (χ4n) is 1.59. The summed E-state index contributed by atoms with van der Waals surface area (Å²) in [5.74, 6) is 0.895. The minimum Gasteiger partial charge on any atom is -0.349 e. The highest BCUT2D eigenvalue weighted by Crippen LogP contribution is 2.19. The second-order valence-electron chi connectivity index (χ2n) is 3.86. The fourth-order valence-corrected chi connectivity index (χ4v) is 1.76. The van der Waals surface area contributed by atoms with Crippen LogP contribution in [-0.4, -0.2) is 24.6 Å². The highest BCUT2D eigenvalue weighted by atomic mass is 35.5. The van der Waals surface area contributed by atoms with Crippen LogP contribution in [0.1, 0.15) is 12.6 Å². The molecule has 0 radical (unpaired) electrons. The lowest BCUT2D eigenvalue weighted by molar-refractivity contribution is 0.709. The number of hydrogen-bond donors (Lipinski definition) is 1. The van der Waals surface area contributed by atoms with E-state index in [0.29, 0.717) is 11.6 Å². The minimum atomic E-state index is 0.680.